The van der Waals surface area contributed by atoms with Crippen LogP contribution >= 0.6 is 11.3 Å². The van der Waals surface area contributed by atoms with Crippen LogP contribution in [0.4, 0.5) is 5.69 Å². The minimum atomic E-state index is -0.679. The maximum absolute atomic E-state index is 12.6. The van der Waals surface area contributed by atoms with Gasteiger partial charge in [-0.2, -0.15) is 4.99 Å². The molecule has 0 unspecified atom stereocenters. The van der Waals surface area contributed by atoms with Crippen molar-refractivity contribution in [1.29, 1.82) is 0 Å². The SMILES string of the molecule is COCCn1c(=NC(=O)CN2C(=O)c3ccccc3C2=O)sc2ccc([N+](=O)[O-])cc21. The third kappa shape index (κ3) is 3.76. The van der Waals surface area contributed by atoms with Crippen LogP contribution < -0.4 is 4.80 Å². The molecule has 4 rings (SSSR count). The quantitative estimate of drug-likeness (QED) is 0.328. The standard InChI is InChI=1S/C20H16N4O6S/c1-30-9-8-22-15-10-12(24(28)29)6-7-16(15)31-20(22)21-17(25)11-23-18(26)13-4-2-3-5-14(13)19(23)27/h2-7,10H,8-9,11H2,1H3. The summed E-state index contributed by atoms with van der Waals surface area (Å²) in [6, 6.07) is 10.8. The highest BCUT2D eigenvalue weighted by Gasteiger charge is 2.36. The lowest BCUT2D eigenvalue weighted by Gasteiger charge is -2.10. The van der Waals surface area contributed by atoms with Gasteiger partial charge in [0.2, 0.25) is 0 Å². The number of amides is 3. The van der Waals surface area contributed by atoms with Crippen LogP contribution in [-0.4, -0.2) is 52.4 Å². The third-order valence-corrected chi connectivity index (χ3v) is 5.85. The monoisotopic (exact) mass is 440 g/mol. The van der Waals surface area contributed by atoms with Crippen LogP contribution in [0.25, 0.3) is 10.2 Å². The molecule has 31 heavy (non-hydrogen) atoms. The highest BCUT2D eigenvalue weighted by Crippen LogP contribution is 2.24. The Kier molecular flexibility index (Phi) is 5.44. The maximum atomic E-state index is 12.6. The van der Waals surface area contributed by atoms with Gasteiger partial charge in [-0.05, 0) is 18.2 Å². The number of rotatable bonds is 6. The molecule has 0 spiro atoms. The molecule has 3 aromatic rings. The maximum Gasteiger partial charge on any atom is 0.271 e. The van der Waals surface area contributed by atoms with Crippen molar-refractivity contribution in [3.8, 4) is 0 Å². The molecular formula is C20H16N4O6S. The Hall–Kier alpha value is -3.70. The molecule has 0 N–H and O–H groups in total. The number of hydrogen-bond acceptors (Lipinski definition) is 7. The van der Waals surface area contributed by atoms with Crippen LogP contribution in [0, 0.1) is 10.1 Å². The Bertz CT molecular complexity index is 1270. The van der Waals surface area contributed by atoms with E-state index in [1.165, 1.54) is 42.7 Å². The summed E-state index contributed by atoms with van der Waals surface area (Å²) in [5.41, 5.74) is 0.971. The minimum absolute atomic E-state index is 0.0830. The van der Waals surface area contributed by atoms with Gasteiger partial charge >= 0.3 is 0 Å². The zero-order valence-electron chi connectivity index (χ0n) is 16.3. The van der Waals surface area contributed by atoms with Gasteiger partial charge in [0.25, 0.3) is 23.4 Å². The average molecular weight is 440 g/mol. The number of nitro benzene ring substituents is 1. The van der Waals surface area contributed by atoms with Crippen molar-refractivity contribution in [3.63, 3.8) is 0 Å². The Morgan fingerprint density at radius 3 is 2.45 bits per heavy atom. The summed E-state index contributed by atoms with van der Waals surface area (Å²) >= 11 is 1.18. The summed E-state index contributed by atoms with van der Waals surface area (Å²) in [4.78, 5) is 53.5. The van der Waals surface area contributed by atoms with Gasteiger partial charge < -0.3 is 9.30 Å². The predicted octanol–water partition coefficient (Wildman–Crippen LogP) is 1.98. The van der Waals surface area contributed by atoms with E-state index in [4.69, 9.17) is 4.74 Å². The number of methoxy groups -OCH3 is 1. The van der Waals surface area contributed by atoms with Crippen molar-refractivity contribution in [3.05, 3.63) is 68.5 Å². The first-order valence-electron chi connectivity index (χ1n) is 9.20. The number of non-ortho nitro benzene ring substituents is 1. The van der Waals surface area contributed by atoms with E-state index in [0.29, 0.717) is 28.2 Å². The first-order valence-corrected chi connectivity index (χ1v) is 10.0. The molecule has 1 aliphatic heterocycles. The second kappa shape index (κ2) is 8.20. The van der Waals surface area contributed by atoms with Gasteiger partial charge in [0.15, 0.2) is 4.80 Å². The molecule has 0 bridgehead atoms. The average Bonchev–Trinajstić information content (AvgIpc) is 3.21. The van der Waals surface area contributed by atoms with Crippen LogP contribution in [0.15, 0.2) is 47.5 Å². The first kappa shape index (κ1) is 20.6. The lowest BCUT2D eigenvalue weighted by molar-refractivity contribution is -0.384. The van der Waals surface area contributed by atoms with Crippen LogP contribution in [0.1, 0.15) is 20.7 Å². The Morgan fingerprint density at radius 2 is 1.84 bits per heavy atom. The highest BCUT2D eigenvalue weighted by molar-refractivity contribution is 7.16. The molecule has 0 atom stereocenters. The van der Waals surface area contributed by atoms with Crippen molar-refractivity contribution >= 4 is 45.0 Å². The first-order chi connectivity index (χ1) is 14.9. The zero-order valence-corrected chi connectivity index (χ0v) is 17.1. The number of nitro groups is 1. The summed E-state index contributed by atoms with van der Waals surface area (Å²) in [7, 11) is 1.52. The minimum Gasteiger partial charge on any atom is -0.383 e. The predicted molar refractivity (Wildman–Crippen MR) is 111 cm³/mol. The van der Waals surface area contributed by atoms with Crippen molar-refractivity contribution in [2.75, 3.05) is 20.3 Å². The number of hydrogen-bond donors (Lipinski definition) is 0. The van der Waals surface area contributed by atoms with Gasteiger partial charge in [-0.25, -0.2) is 0 Å². The molecule has 0 radical (unpaired) electrons. The molecule has 10 nitrogen and oxygen atoms in total. The zero-order chi connectivity index (χ0) is 22.1. The fraction of sp³-hybridized carbons (Fsp3) is 0.200. The van der Waals surface area contributed by atoms with E-state index in [1.54, 1.807) is 22.8 Å². The third-order valence-electron chi connectivity index (χ3n) is 4.79. The lowest BCUT2D eigenvalue weighted by atomic mass is 10.1. The number of aromatic nitrogens is 1. The molecule has 3 amide bonds. The lowest BCUT2D eigenvalue weighted by Crippen LogP contribution is -2.35. The normalized spacial score (nSPS) is 13.8. The Morgan fingerprint density at radius 1 is 1.16 bits per heavy atom. The molecule has 2 aromatic carbocycles. The summed E-state index contributed by atoms with van der Waals surface area (Å²) in [6.45, 7) is 0.121. The van der Waals surface area contributed by atoms with Crippen LogP contribution in [0.3, 0.4) is 0 Å². The number of fused-ring (bicyclic) bond motifs is 2. The number of nitrogens with zero attached hydrogens (tertiary/aromatic N) is 4. The number of ether oxygens (including phenoxy) is 1. The number of carbonyl (C=O) groups is 3. The van der Waals surface area contributed by atoms with Crippen LogP contribution in [-0.2, 0) is 16.1 Å². The second-order valence-corrected chi connectivity index (χ2v) is 7.69. The van der Waals surface area contributed by atoms with Crippen LogP contribution in [0.2, 0.25) is 0 Å². The number of thiazole rings is 1. The van der Waals surface area contributed by atoms with Gasteiger partial charge in [0.1, 0.15) is 6.54 Å². The largest absolute Gasteiger partial charge is 0.383 e. The molecule has 1 aliphatic rings. The topological polar surface area (TPSA) is 124 Å². The van der Waals surface area contributed by atoms with Crippen molar-refractivity contribution in [2.45, 2.75) is 6.54 Å². The van der Waals surface area contributed by atoms with Crippen molar-refractivity contribution < 1.29 is 24.0 Å². The molecule has 0 saturated carbocycles. The molecule has 0 aliphatic carbocycles. The smallest absolute Gasteiger partial charge is 0.271 e. The van der Waals surface area contributed by atoms with E-state index < -0.39 is 29.2 Å². The van der Waals surface area contributed by atoms with Gasteiger partial charge in [-0.15, -0.1) is 0 Å². The number of imide groups is 1. The summed E-state index contributed by atoms with van der Waals surface area (Å²) in [6.07, 6.45) is 0. The van der Waals surface area contributed by atoms with E-state index in [1.807, 2.05) is 0 Å². The number of benzene rings is 2. The second-order valence-electron chi connectivity index (χ2n) is 6.69. The van der Waals surface area contributed by atoms with E-state index in [9.17, 15) is 24.5 Å². The van der Waals surface area contributed by atoms with E-state index in [0.717, 1.165) is 4.90 Å². The van der Waals surface area contributed by atoms with Gasteiger partial charge in [-0.1, -0.05) is 23.5 Å². The fourth-order valence-electron chi connectivity index (χ4n) is 3.31. The molecule has 2 heterocycles. The molecule has 11 heteroatoms. The van der Waals surface area contributed by atoms with Crippen LogP contribution in [0.5, 0.6) is 0 Å². The van der Waals surface area contributed by atoms with Gasteiger partial charge in [-0.3, -0.25) is 29.4 Å². The fourth-order valence-corrected chi connectivity index (χ4v) is 4.37. The van der Waals surface area contributed by atoms with E-state index >= 15 is 0 Å². The highest BCUT2D eigenvalue weighted by atomic mass is 32.1. The van der Waals surface area contributed by atoms with E-state index in [-0.39, 0.29) is 16.8 Å². The Balaban J connectivity index is 1.68. The van der Waals surface area contributed by atoms with E-state index in [2.05, 4.69) is 4.99 Å². The number of carbonyl (C=O) groups excluding carboxylic acids is 3. The molecule has 1 aromatic heterocycles. The molecular weight excluding hydrogens is 424 g/mol. The summed E-state index contributed by atoms with van der Waals surface area (Å²) < 4.78 is 7.45. The summed E-state index contributed by atoms with van der Waals surface area (Å²) in [5.74, 6) is -1.76. The van der Waals surface area contributed by atoms with Gasteiger partial charge in [0.05, 0.1) is 32.9 Å². The van der Waals surface area contributed by atoms with Crippen molar-refractivity contribution in [2.24, 2.45) is 4.99 Å². The van der Waals surface area contributed by atoms with Gasteiger partial charge in [0, 0.05) is 25.8 Å². The molecule has 158 valence electrons. The summed E-state index contributed by atoms with van der Waals surface area (Å²) in [5, 5.41) is 11.1. The van der Waals surface area contributed by atoms with Crippen molar-refractivity contribution in [1.82, 2.24) is 9.47 Å². The molecule has 0 saturated heterocycles. The molecule has 0 fully saturated rings. The Labute approximate surface area is 179 Å².